The molecule has 0 saturated carbocycles. The minimum atomic E-state index is -0.975. The first-order valence-electron chi connectivity index (χ1n) is 5.92. The standard InChI is InChI=1S/C13H16N2O3/c1-15-6-5-9(8-15)7-14-12(16)10-3-2-4-11(10)13(17)18/h5-6,8H,2-4,7H2,1H3,(H,14,16)(H,17,18). The van der Waals surface area contributed by atoms with Crippen LogP contribution in [0, 0.1) is 0 Å². The predicted molar refractivity (Wildman–Crippen MR) is 65.8 cm³/mol. The van der Waals surface area contributed by atoms with Crippen LogP contribution in [0.2, 0.25) is 0 Å². The van der Waals surface area contributed by atoms with Crippen molar-refractivity contribution < 1.29 is 14.7 Å². The molecule has 0 aliphatic heterocycles. The smallest absolute Gasteiger partial charge is 0.332 e. The van der Waals surface area contributed by atoms with E-state index in [0.29, 0.717) is 25.0 Å². The zero-order chi connectivity index (χ0) is 13.1. The Morgan fingerprint density at radius 2 is 2.11 bits per heavy atom. The van der Waals surface area contributed by atoms with Crippen molar-refractivity contribution in [1.82, 2.24) is 9.88 Å². The van der Waals surface area contributed by atoms with Gasteiger partial charge in [-0.15, -0.1) is 0 Å². The van der Waals surface area contributed by atoms with E-state index in [9.17, 15) is 9.59 Å². The number of carbonyl (C=O) groups is 2. The van der Waals surface area contributed by atoms with Gasteiger partial charge >= 0.3 is 5.97 Å². The van der Waals surface area contributed by atoms with Gasteiger partial charge in [-0.05, 0) is 30.9 Å². The molecule has 0 bridgehead atoms. The number of nitrogens with zero attached hydrogens (tertiary/aromatic N) is 1. The molecule has 0 spiro atoms. The third-order valence-corrected chi connectivity index (χ3v) is 3.10. The zero-order valence-electron chi connectivity index (χ0n) is 10.3. The summed E-state index contributed by atoms with van der Waals surface area (Å²) in [6.07, 6.45) is 5.61. The van der Waals surface area contributed by atoms with E-state index in [1.165, 1.54) is 0 Å². The van der Waals surface area contributed by atoms with Gasteiger partial charge < -0.3 is 15.0 Å². The monoisotopic (exact) mass is 248 g/mol. The van der Waals surface area contributed by atoms with Crippen LogP contribution in [0.5, 0.6) is 0 Å². The highest BCUT2D eigenvalue weighted by molar-refractivity contribution is 6.02. The van der Waals surface area contributed by atoms with Crippen LogP contribution in [0.25, 0.3) is 0 Å². The van der Waals surface area contributed by atoms with E-state index in [1.54, 1.807) is 0 Å². The van der Waals surface area contributed by atoms with E-state index in [0.717, 1.165) is 12.0 Å². The zero-order valence-corrected chi connectivity index (χ0v) is 10.3. The van der Waals surface area contributed by atoms with E-state index >= 15 is 0 Å². The number of aryl methyl sites for hydroxylation is 1. The average molecular weight is 248 g/mol. The maximum atomic E-state index is 11.9. The van der Waals surface area contributed by atoms with Gasteiger partial charge in [0.25, 0.3) is 0 Å². The fourth-order valence-corrected chi connectivity index (χ4v) is 2.18. The molecule has 96 valence electrons. The number of hydrogen-bond acceptors (Lipinski definition) is 2. The number of amides is 1. The fourth-order valence-electron chi connectivity index (χ4n) is 2.18. The molecule has 18 heavy (non-hydrogen) atoms. The van der Waals surface area contributed by atoms with Gasteiger partial charge in [-0.2, -0.15) is 0 Å². The molecule has 1 aromatic rings. The van der Waals surface area contributed by atoms with Gasteiger partial charge in [0.15, 0.2) is 0 Å². The first-order valence-corrected chi connectivity index (χ1v) is 5.92. The van der Waals surface area contributed by atoms with E-state index in [-0.39, 0.29) is 11.5 Å². The summed E-state index contributed by atoms with van der Waals surface area (Å²) in [5.41, 5.74) is 1.69. The number of nitrogens with one attached hydrogen (secondary N) is 1. The topological polar surface area (TPSA) is 71.3 Å². The average Bonchev–Trinajstić information content (AvgIpc) is 2.94. The van der Waals surface area contributed by atoms with Crippen LogP contribution >= 0.6 is 0 Å². The number of carboxylic acids is 1. The molecule has 1 aromatic heterocycles. The largest absolute Gasteiger partial charge is 0.478 e. The third kappa shape index (κ3) is 2.61. The highest BCUT2D eigenvalue weighted by Gasteiger charge is 2.24. The van der Waals surface area contributed by atoms with Gasteiger partial charge in [0.2, 0.25) is 5.91 Å². The number of aromatic nitrogens is 1. The molecule has 1 aliphatic rings. The molecule has 0 saturated heterocycles. The summed E-state index contributed by atoms with van der Waals surface area (Å²) in [5, 5.41) is 11.7. The van der Waals surface area contributed by atoms with Crippen molar-refractivity contribution in [2.45, 2.75) is 25.8 Å². The van der Waals surface area contributed by atoms with Gasteiger partial charge in [0, 0.05) is 37.1 Å². The van der Waals surface area contributed by atoms with Gasteiger partial charge in [-0.25, -0.2) is 4.79 Å². The summed E-state index contributed by atoms with van der Waals surface area (Å²) in [6, 6.07) is 1.92. The molecule has 0 aromatic carbocycles. The molecule has 5 heteroatoms. The molecular formula is C13H16N2O3. The van der Waals surface area contributed by atoms with Crippen molar-refractivity contribution in [3.05, 3.63) is 35.2 Å². The van der Waals surface area contributed by atoms with Crippen molar-refractivity contribution in [3.63, 3.8) is 0 Å². The lowest BCUT2D eigenvalue weighted by Crippen LogP contribution is -2.25. The van der Waals surface area contributed by atoms with Crippen molar-refractivity contribution in [1.29, 1.82) is 0 Å². The highest BCUT2D eigenvalue weighted by atomic mass is 16.4. The normalized spacial score (nSPS) is 14.9. The van der Waals surface area contributed by atoms with Gasteiger partial charge in [0.05, 0.1) is 0 Å². The summed E-state index contributed by atoms with van der Waals surface area (Å²) in [4.78, 5) is 22.9. The van der Waals surface area contributed by atoms with Crippen LogP contribution in [0.1, 0.15) is 24.8 Å². The molecule has 2 N–H and O–H groups in total. The van der Waals surface area contributed by atoms with Gasteiger partial charge in [-0.1, -0.05) is 0 Å². The molecular weight excluding hydrogens is 232 g/mol. The van der Waals surface area contributed by atoms with Gasteiger partial charge in [-0.3, -0.25) is 4.79 Å². The van der Waals surface area contributed by atoms with Crippen LogP contribution < -0.4 is 5.32 Å². The minimum Gasteiger partial charge on any atom is -0.478 e. The number of hydrogen-bond donors (Lipinski definition) is 2. The lowest BCUT2D eigenvalue weighted by Gasteiger charge is -2.05. The lowest BCUT2D eigenvalue weighted by molar-refractivity contribution is -0.133. The van der Waals surface area contributed by atoms with E-state index in [4.69, 9.17) is 5.11 Å². The molecule has 2 rings (SSSR count). The second-order valence-electron chi connectivity index (χ2n) is 4.48. The van der Waals surface area contributed by atoms with Gasteiger partial charge in [0.1, 0.15) is 0 Å². The lowest BCUT2D eigenvalue weighted by atomic mass is 10.1. The first kappa shape index (κ1) is 12.4. The first-order chi connectivity index (χ1) is 8.58. The Bertz CT molecular complexity index is 514. The van der Waals surface area contributed by atoms with Crippen LogP contribution in [0.3, 0.4) is 0 Å². The Hall–Kier alpha value is -2.04. The Morgan fingerprint density at radius 3 is 2.72 bits per heavy atom. The third-order valence-electron chi connectivity index (χ3n) is 3.10. The Balaban J connectivity index is 2.00. The highest BCUT2D eigenvalue weighted by Crippen LogP contribution is 2.26. The Labute approximate surface area is 105 Å². The van der Waals surface area contributed by atoms with Crippen LogP contribution in [-0.2, 0) is 23.2 Å². The van der Waals surface area contributed by atoms with E-state index in [2.05, 4.69) is 5.32 Å². The summed E-state index contributed by atoms with van der Waals surface area (Å²) < 4.78 is 1.90. The quantitative estimate of drug-likeness (QED) is 0.841. The summed E-state index contributed by atoms with van der Waals surface area (Å²) in [6.45, 7) is 0.427. The van der Waals surface area contributed by atoms with Crippen molar-refractivity contribution in [2.75, 3.05) is 0 Å². The molecule has 0 radical (unpaired) electrons. The Kier molecular flexibility index (Phi) is 3.50. The molecule has 1 heterocycles. The SMILES string of the molecule is Cn1ccc(CNC(=O)C2=C(C(=O)O)CCC2)c1. The number of rotatable bonds is 4. The summed E-state index contributed by atoms with van der Waals surface area (Å²) in [7, 11) is 1.91. The number of carboxylic acid groups (broad SMARTS) is 1. The van der Waals surface area contributed by atoms with Crippen LogP contribution in [0.15, 0.2) is 29.6 Å². The molecule has 1 aliphatic carbocycles. The molecule has 1 amide bonds. The molecule has 0 unspecified atom stereocenters. The number of aliphatic carboxylic acids is 1. The minimum absolute atomic E-state index is 0.256. The van der Waals surface area contributed by atoms with Crippen molar-refractivity contribution >= 4 is 11.9 Å². The maximum Gasteiger partial charge on any atom is 0.332 e. The number of carbonyl (C=O) groups excluding carboxylic acids is 1. The summed E-state index contributed by atoms with van der Waals surface area (Å²) >= 11 is 0. The predicted octanol–water partition coefficient (Wildman–Crippen LogP) is 1.21. The summed E-state index contributed by atoms with van der Waals surface area (Å²) in [5.74, 6) is -1.23. The van der Waals surface area contributed by atoms with E-state index < -0.39 is 5.97 Å². The maximum absolute atomic E-state index is 11.9. The van der Waals surface area contributed by atoms with E-state index in [1.807, 2.05) is 30.1 Å². The molecule has 0 fully saturated rings. The fraction of sp³-hybridized carbons (Fsp3) is 0.385. The Morgan fingerprint density at radius 1 is 1.39 bits per heavy atom. The second kappa shape index (κ2) is 5.08. The van der Waals surface area contributed by atoms with Crippen molar-refractivity contribution in [2.24, 2.45) is 7.05 Å². The van der Waals surface area contributed by atoms with Crippen LogP contribution in [-0.4, -0.2) is 21.6 Å². The van der Waals surface area contributed by atoms with Crippen LogP contribution in [0.4, 0.5) is 0 Å². The molecule has 0 atom stereocenters. The second-order valence-corrected chi connectivity index (χ2v) is 4.48. The van der Waals surface area contributed by atoms with Crippen molar-refractivity contribution in [3.8, 4) is 0 Å². The molecule has 5 nitrogen and oxygen atoms in total.